The van der Waals surface area contributed by atoms with Crippen LogP contribution in [0.4, 0.5) is 5.69 Å². The molecule has 0 aliphatic rings. The smallest absolute Gasteiger partial charge is 0.269 e. The van der Waals surface area contributed by atoms with Crippen molar-refractivity contribution in [3.63, 3.8) is 0 Å². The summed E-state index contributed by atoms with van der Waals surface area (Å²) < 4.78 is 2.08. The van der Waals surface area contributed by atoms with Gasteiger partial charge in [-0.25, -0.2) is 0 Å². The van der Waals surface area contributed by atoms with Gasteiger partial charge in [0.05, 0.1) is 11.0 Å². The Labute approximate surface area is 225 Å². The van der Waals surface area contributed by atoms with Gasteiger partial charge in [-0.15, -0.1) is 0 Å². The molecule has 0 unspecified atom stereocenters. The molecule has 1 aromatic heterocycles. The van der Waals surface area contributed by atoms with E-state index in [2.05, 4.69) is 9.88 Å². The van der Waals surface area contributed by atoms with Crippen molar-refractivity contribution in [3.8, 4) is 11.8 Å². The molecule has 0 saturated heterocycles. The number of carbonyl (C=O) groups is 1. The second kappa shape index (κ2) is 11.6. The fourth-order valence-electron chi connectivity index (χ4n) is 4.17. The first-order chi connectivity index (χ1) is 18.3. The molecule has 0 aliphatic carbocycles. The highest BCUT2D eigenvalue weighted by Gasteiger charge is 2.16. The van der Waals surface area contributed by atoms with Crippen LogP contribution in [0.25, 0.3) is 11.8 Å². The number of hydrogen-bond acceptors (Lipinski definition) is 5. The third-order valence-corrected chi connectivity index (χ3v) is 7.18. The van der Waals surface area contributed by atoms with Crippen LogP contribution in [0.1, 0.15) is 35.5 Å². The summed E-state index contributed by atoms with van der Waals surface area (Å²) in [5.74, 6) is -0.415. The van der Waals surface area contributed by atoms with Crippen molar-refractivity contribution >= 4 is 29.4 Å². The summed E-state index contributed by atoms with van der Waals surface area (Å²) in [6, 6.07) is 27.8. The van der Waals surface area contributed by atoms with Gasteiger partial charge in [-0.1, -0.05) is 42.1 Å². The number of hydrogen-bond donors (Lipinski definition) is 1. The molecule has 3 aromatic carbocycles. The molecule has 1 heterocycles. The number of aryl methyl sites for hydroxylation is 1. The zero-order valence-corrected chi connectivity index (χ0v) is 22.0. The van der Waals surface area contributed by atoms with E-state index in [1.807, 2.05) is 87.5 Å². The number of nitriles is 1. The van der Waals surface area contributed by atoms with E-state index in [0.29, 0.717) is 0 Å². The van der Waals surface area contributed by atoms with Gasteiger partial charge in [0.2, 0.25) is 0 Å². The fraction of sp³-hybridized carbons (Fsp3) is 0.133. The standard InChI is InChI=1S/C30H26N4O3S/c1-20-17-24(18-25(19-31)30(35)32-21(2)23-7-5-4-6-8-23)22(3)33(20)26-9-13-28(14-10-26)38-29-15-11-27(12-16-29)34(36)37/h4-18,21H,1-3H3,(H,32,35)/b25-18-/t21-/m1/s1. The summed E-state index contributed by atoms with van der Waals surface area (Å²) in [7, 11) is 0. The van der Waals surface area contributed by atoms with Crippen molar-refractivity contribution in [3.05, 3.63) is 123 Å². The van der Waals surface area contributed by atoms with E-state index in [1.165, 1.54) is 23.9 Å². The molecule has 38 heavy (non-hydrogen) atoms. The van der Waals surface area contributed by atoms with E-state index in [1.54, 1.807) is 18.2 Å². The maximum absolute atomic E-state index is 12.8. The SMILES string of the molecule is Cc1cc(/C=C(/C#N)C(=O)N[C@H](C)c2ccccc2)c(C)n1-c1ccc(Sc2ccc([N+](=O)[O-])cc2)cc1. The van der Waals surface area contributed by atoms with Crippen LogP contribution < -0.4 is 5.32 Å². The van der Waals surface area contributed by atoms with Gasteiger partial charge < -0.3 is 9.88 Å². The van der Waals surface area contributed by atoms with Crippen molar-refractivity contribution in [2.45, 2.75) is 36.6 Å². The third kappa shape index (κ3) is 6.02. The van der Waals surface area contributed by atoms with Crippen LogP contribution in [-0.2, 0) is 4.79 Å². The van der Waals surface area contributed by atoms with Crippen LogP contribution in [0.5, 0.6) is 0 Å². The molecular formula is C30H26N4O3S. The molecule has 1 atom stereocenters. The predicted molar refractivity (Wildman–Crippen MR) is 149 cm³/mol. The summed E-state index contributed by atoms with van der Waals surface area (Å²) >= 11 is 1.52. The number of benzene rings is 3. The summed E-state index contributed by atoms with van der Waals surface area (Å²) in [6.45, 7) is 5.82. The molecule has 4 rings (SSSR count). The number of carbonyl (C=O) groups excluding carboxylic acids is 1. The van der Waals surface area contributed by atoms with Gasteiger partial charge in [0, 0.05) is 39.0 Å². The lowest BCUT2D eigenvalue weighted by Crippen LogP contribution is -2.27. The molecular weight excluding hydrogens is 496 g/mol. The van der Waals surface area contributed by atoms with Crippen molar-refractivity contribution in [2.24, 2.45) is 0 Å². The molecule has 1 N–H and O–H groups in total. The molecule has 0 saturated carbocycles. The minimum Gasteiger partial charge on any atom is -0.345 e. The van der Waals surface area contributed by atoms with Crippen molar-refractivity contribution < 1.29 is 9.72 Å². The quantitative estimate of drug-likeness (QED) is 0.117. The van der Waals surface area contributed by atoms with Crippen LogP contribution in [0.2, 0.25) is 0 Å². The molecule has 0 spiro atoms. The lowest BCUT2D eigenvalue weighted by molar-refractivity contribution is -0.384. The highest BCUT2D eigenvalue weighted by molar-refractivity contribution is 7.99. The fourth-order valence-corrected chi connectivity index (χ4v) is 4.99. The molecule has 8 heteroatoms. The number of nitro groups is 1. The second-order valence-corrected chi connectivity index (χ2v) is 9.93. The first-order valence-corrected chi connectivity index (χ1v) is 12.8. The number of amides is 1. The largest absolute Gasteiger partial charge is 0.345 e. The molecule has 0 aliphatic heterocycles. The van der Waals surface area contributed by atoms with Gasteiger partial charge >= 0.3 is 0 Å². The Morgan fingerprint density at radius 2 is 1.63 bits per heavy atom. The summed E-state index contributed by atoms with van der Waals surface area (Å²) in [5.41, 5.74) is 4.71. The Hall–Kier alpha value is -4.61. The molecule has 4 aromatic rings. The van der Waals surface area contributed by atoms with Gasteiger partial charge in [-0.3, -0.25) is 14.9 Å². The zero-order valence-electron chi connectivity index (χ0n) is 21.2. The monoisotopic (exact) mass is 522 g/mol. The number of non-ortho nitro benzene ring substituents is 1. The first-order valence-electron chi connectivity index (χ1n) is 12.0. The number of nitrogens with zero attached hydrogens (tertiary/aromatic N) is 3. The average Bonchev–Trinajstić information content (AvgIpc) is 3.20. The van der Waals surface area contributed by atoms with Gasteiger partial charge in [-0.2, -0.15) is 5.26 Å². The molecule has 7 nitrogen and oxygen atoms in total. The maximum Gasteiger partial charge on any atom is 0.269 e. The third-order valence-electron chi connectivity index (χ3n) is 6.16. The number of nitro benzene ring substituents is 1. The van der Waals surface area contributed by atoms with Gasteiger partial charge in [0.15, 0.2) is 0 Å². The topological polar surface area (TPSA) is 101 Å². The maximum atomic E-state index is 12.8. The summed E-state index contributed by atoms with van der Waals surface area (Å²) in [5, 5.41) is 23.5. The van der Waals surface area contributed by atoms with Crippen LogP contribution in [0.15, 0.2) is 100 Å². The number of aromatic nitrogens is 1. The first kappa shape index (κ1) is 26.5. The Kier molecular flexibility index (Phi) is 8.09. The molecule has 0 fully saturated rings. The molecule has 190 valence electrons. The van der Waals surface area contributed by atoms with Crippen molar-refractivity contribution in [2.75, 3.05) is 0 Å². The Morgan fingerprint density at radius 1 is 1.03 bits per heavy atom. The van der Waals surface area contributed by atoms with E-state index in [4.69, 9.17) is 0 Å². The Morgan fingerprint density at radius 3 is 2.21 bits per heavy atom. The minimum absolute atomic E-state index is 0.0443. The summed E-state index contributed by atoms with van der Waals surface area (Å²) in [6.07, 6.45) is 1.63. The highest BCUT2D eigenvalue weighted by atomic mass is 32.2. The molecule has 1 amide bonds. The van der Waals surface area contributed by atoms with Crippen molar-refractivity contribution in [1.29, 1.82) is 5.26 Å². The van der Waals surface area contributed by atoms with Crippen LogP contribution in [0.3, 0.4) is 0 Å². The van der Waals surface area contributed by atoms with Gasteiger partial charge in [-0.05, 0) is 80.4 Å². The van der Waals surface area contributed by atoms with Crippen LogP contribution in [0, 0.1) is 35.3 Å². The zero-order chi connectivity index (χ0) is 27.2. The van der Waals surface area contributed by atoms with E-state index in [-0.39, 0.29) is 17.3 Å². The Balaban J connectivity index is 1.51. The van der Waals surface area contributed by atoms with E-state index in [9.17, 15) is 20.2 Å². The molecule has 0 bridgehead atoms. The molecule has 0 radical (unpaired) electrons. The second-order valence-electron chi connectivity index (χ2n) is 8.78. The van der Waals surface area contributed by atoms with Gasteiger partial charge in [0.25, 0.3) is 11.6 Å². The highest BCUT2D eigenvalue weighted by Crippen LogP contribution is 2.31. The van der Waals surface area contributed by atoms with Gasteiger partial charge in [0.1, 0.15) is 11.6 Å². The lowest BCUT2D eigenvalue weighted by Gasteiger charge is -2.14. The summed E-state index contributed by atoms with van der Waals surface area (Å²) in [4.78, 5) is 25.2. The average molecular weight is 523 g/mol. The van der Waals surface area contributed by atoms with Crippen LogP contribution in [-0.4, -0.2) is 15.4 Å². The predicted octanol–water partition coefficient (Wildman–Crippen LogP) is 6.94. The Bertz CT molecular complexity index is 1530. The normalized spacial score (nSPS) is 12.0. The minimum atomic E-state index is -0.415. The number of rotatable bonds is 8. The van der Waals surface area contributed by atoms with Crippen LogP contribution >= 0.6 is 11.8 Å². The van der Waals surface area contributed by atoms with E-state index >= 15 is 0 Å². The lowest BCUT2D eigenvalue weighted by atomic mass is 10.1. The van der Waals surface area contributed by atoms with E-state index in [0.717, 1.165) is 38.0 Å². The van der Waals surface area contributed by atoms with Crippen molar-refractivity contribution in [1.82, 2.24) is 9.88 Å². The van der Waals surface area contributed by atoms with E-state index < -0.39 is 10.8 Å². The number of nitrogens with one attached hydrogen (secondary N) is 1.